The molecule has 4 aromatic rings. The third-order valence-corrected chi connectivity index (χ3v) is 6.91. The third-order valence-electron chi connectivity index (χ3n) is 4.78. The third kappa shape index (κ3) is 5.01. The molecular formula is C23H22FN3O3S2. The standard InChI is InChI=1S/C23H22FN3O3S2/c1-2-30-13-5-12-27-22(29)21-20(17-6-3-4-7-18(17)32-21)26-23(27)31-14-19(28)25-16-10-8-15(24)9-11-16/h3-4,6-11H,2,5,12-14H2,1H3,(H,25,28). The molecule has 0 bridgehead atoms. The number of hydrogen-bond donors (Lipinski definition) is 1. The van der Waals surface area contributed by atoms with Crippen LogP contribution >= 0.6 is 23.1 Å². The zero-order valence-corrected chi connectivity index (χ0v) is 19.1. The summed E-state index contributed by atoms with van der Waals surface area (Å²) in [5.41, 5.74) is 1.07. The van der Waals surface area contributed by atoms with Crippen LogP contribution in [0, 0.1) is 5.82 Å². The second-order valence-electron chi connectivity index (χ2n) is 7.02. The number of fused-ring (bicyclic) bond motifs is 3. The van der Waals surface area contributed by atoms with Gasteiger partial charge in [-0.3, -0.25) is 14.2 Å². The lowest BCUT2D eigenvalue weighted by molar-refractivity contribution is -0.113. The summed E-state index contributed by atoms with van der Waals surface area (Å²) in [4.78, 5) is 30.5. The number of nitrogens with one attached hydrogen (secondary N) is 1. The summed E-state index contributed by atoms with van der Waals surface area (Å²) >= 11 is 2.65. The second kappa shape index (κ2) is 10.2. The summed E-state index contributed by atoms with van der Waals surface area (Å²) < 4.78 is 21.7. The van der Waals surface area contributed by atoms with Crippen molar-refractivity contribution in [1.82, 2.24) is 9.55 Å². The van der Waals surface area contributed by atoms with Gasteiger partial charge in [-0.1, -0.05) is 30.0 Å². The number of aromatic nitrogens is 2. The Morgan fingerprint density at radius 2 is 2.00 bits per heavy atom. The lowest BCUT2D eigenvalue weighted by atomic mass is 10.2. The maximum absolute atomic E-state index is 13.3. The molecule has 0 fully saturated rings. The highest BCUT2D eigenvalue weighted by atomic mass is 32.2. The summed E-state index contributed by atoms with van der Waals surface area (Å²) in [6.07, 6.45) is 0.668. The highest BCUT2D eigenvalue weighted by Gasteiger charge is 2.17. The van der Waals surface area contributed by atoms with E-state index in [4.69, 9.17) is 9.72 Å². The second-order valence-corrected chi connectivity index (χ2v) is 9.02. The van der Waals surface area contributed by atoms with Crippen LogP contribution in [-0.4, -0.2) is 34.4 Å². The van der Waals surface area contributed by atoms with Crippen molar-refractivity contribution in [3.8, 4) is 0 Å². The van der Waals surface area contributed by atoms with Gasteiger partial charge in [0.15, 0.2) is 5.16 Å². The molecule has 0 aliphatic heterocycles. The molecule has 9 heteroatoms. The molecule has 0 radical (unpaired) electrons. The Hall–Kier alpha value is -2.75. The van der Waals surface area contributed by atoms with Gasteiger partial charge in [0.05, 0.1) is 11.3 Å². The molecule has 0 atom stereocenters. The minimum atomic E-state index is -0.367. The zero-order valence-electron chi connectivity index (χ0n) is 17.5. The van der Waals surface area contributed by atoms with Crippen LogP contribution < -0.4 is 10.9 Å². The van der Waals surface area contributed by atoms with E-state index < -0.39 is 0 Å². The van der Waals surface area contributed by atoms with E-state index in [-0.39, 0.29) is 23.0 Å². The van der Waals surface area contributed by atoms with E-state index in [2.05, 4.69) is 5.32 Å². The van der Waals surface area contributed by atoms with Gasteiger partial charge in [-0.25, -0.2) is 9.37 Å². The number of carbonyl (C=O) groups excluding carboxylic acids is 1. The van der Waals surface area contributed by atoms with Crippen molar-refractivity contribution in [2.45, 2.75) is 25.0 Å². The smallest absolute Gasteiger partial charge is 0.272 e. The normalized spacial score (nSPS) is 11.3. The maximum Gasteiger partial charge on any atom is 0.272 e. The summed E-state index contributed by atoms with van der Waals surface area (Å²) in [6.45, 7) is 3.55. The Morgan fingerprint density at radius 1 is 1.22 bits per heavy atom. The Labute approximate surface area is 192 Å². The molecule has 0 unspecified atom stereocenters. The van der Waals surface area contributed by atoms with E-state index in [9.17, 15) is 14.0 Å². The van der Waals surface area contributed by atoms with Crippen molar-refractivity contribution in [3.05, 3.63) is 64.7 Å². The minimum Gasteiger partial charge on any atom is -0.382 e. The van der Waals surface area contributed by atoms with Gasteiger partial charge in [0.1, 0.15) is 10.5 Å². The van der Waals surface area contributed by atoms with Crippen LogP contribution in [0.2, 0.25) is 0 Å². The first-order valence-electron chi connectivity index (χ1n) is 10.2. The van der Waals surface area contributed by atoms with Gasteiger partial charge in [0.2, 0.25) is 5.91 Å². The summed E-state index contributed by atoms with van der Waals surface area (Å²) in [5, 5.41) is 4.17. The number of rotatable bonds is 9. The Kier molecular flexibility index (Phi) is 7.19. The van der Waals surface area contributed by atoms with Gasteiger partial charge < -0.3 is 10.1 Å². The van der Waals surface area contributed by atoms with Gasteiger partial charge in [-0.05, 0) is 43.7 Å². The largest absolute Gasteiger partial charge is 0.382 e. The van der Waals surface area contributed by atoms with Crippen LogP contribution in [0.5, 0.6) is 0 Å². The zero-order chi connectivity index (χ0) is 22.5. The SMILES string of the molecule is CCOCCCn1c(SCC(=O)Nc2ccc(F)cc2)nc2c(sc3ccccc32)c1=O. The van der Waals surface area contributed by atoms with E-state index in [0.717, 1.165) is 10.1 Å². The predicted molar refractivity (Wildman–Crippen MR) is 128 cm³/mol. The lowest BCUT2D eigenvalue weighted by Crippen LogP contribution is -2.24. The quantitative estimate of drug-likeness (QED) is 0.213. The van der Waals surface area contributed by atoms with Crippen LogP contribution in [0.25, 0.3) is 20.3 Å². The number of thiophene rings is 1. The molecule has 2 aromatic heterocycles. The minimum absolute atomic E-state index is 0.0723. The molecule has 6 nitrogen and oxygen atoms in total. The molecule has 166 valence electrons. The van der Waals surface area contributed by atoms with Gasteiger partial charge >= 0.3 is 0 Å². The van der Waals surface area contributed by atoms with Crippen LogP contribution in [0.1, 0.15) is 13.3 Å². The Bertz CT molecular complexity index is 1300. The van der Waals surface area contributed by atoms with Crippen molar-refractivity contribution in [3.63, 3.8) is 0 Å². The first kappa shape index (κ1) is 22.4. The molecule has 0 aliphatic rings. The lowest BCUT2D eigenvalue weighted by Gasteiger charge is -2.12. The van der Waals surface area contributed by atoms with Crippen LogP contribution in [0.3, 0.4) is 0 Å². The fourth-order valence-electron chi connectivity index (χ4n) is 3.29. The van der Waals surface area contributed by atoms with E-state index in [1.165, 1.54) is 47.4 Å². The first-order chi connectivity index (χ1) is 15.6. The number of ether oxygens (including phenoxy) is 1. The molecule has 0 saturated carbocycles. The van der Waals surface area contributed by atoms with Crippen LogP contribution in [0.15, 0.2) is 58.5 Å². The van der Waals surface area contributed by atoms with E-state index in [0.29, 0.717) is 47.2 Å². The maximum atomic E-state index is 13.3. The van der Waals surface area contributed by atoms with Gasteiger partial charge in [-0.2, -0.15) is 0 Å². The fraction of sp³-hybridized carbons (Fsp3) is 0.261. The number of hydrogen-bond acceptors (Lipinski definition) is 6. The summed E-state index contributed by atoms with van der Waals surface area (Å²) in [7, 11) is 0. The molecule has 1 amide bonds. The van der Waals surface area contributed by atoms with Crippen molar-refractivity contribution in [2.75, 3.05) is 24.3 Å². The van der Waals surface area contributed by atoms with E-state index in [1.54, 1.807) is 4.57 Å². The summed E-state index contributed by atoms with van der Waals surface area (Å²) in [6, 6.07) is 13.4. The van der Waals surface area contributed by atoms with Gasteiger partial charge in [0, 0.05) is 35.5 Å². The highest BCUT2D eigenvalue weighted by Crippen LogP contribution is 2.31. The molecule has 0 aliphatic carbocycles. The van der Waals surface area contributed by atoms with Crippen molar-refractivity contribution < 1.29 is 13.9 Å². The van der Waals surface area contributed by atoms with Crippen molar-refractivity contribution in [2.24, 2.45) is 0 Å². The summed E-state index contributed by atoms with van der Waals surface area (Å²) in [5.74, 6) is -0.552. The number of thioether (sulfide) groups is 1. The average Bonchev–Trinajstić information content (AvgIpc) is 3.17. The molecule has 0 saturated heterocycles. The molecule has 2 heterocycles. The Morgan fingerprint density at radius 3 is 2.78 bits per heavy atom. The van der Waals surface area contributed by atoms with Crippen molar-refractivity contribution in [1.29, 1.82) is 0 Å². The van der Waals surface area contributed by atoms with Gasteiger partial charge in [0.25, 0.3) is 5.56 Å². The number of nitrogens with zero attached hydrogens (tertiary/aromatic N) is 2. The molecular weight excluding hydrogens is 449 g/mol. The van der Waals surface area contributed by atoms with E-state index >= 15 is 0 Å². The van der Waals surface area contributed by atoms with Crippen LogP contribution in [0.4, 0.5) is 10.1 Å². The number of amides is 1. The first-order valence-corrected chi connectivity index (χ1v) is 12.0. The Balaban J connectivity index is 1.61. The fourth-order valence-corrected chi connectivity index (χ4v) is 5.20. The molecule has 32 heavy (non-hydrogen) atoms. The topological polar surface area (TPSA) is 73.2 Å². The predicted octanol–water partition coefficient (Wildman–Crippen LogP) is 4.91. The van der Waals surface area contributed by atoms with Crippen LogP contribution in [-0.2, 0) is 16.1 Å². The number of anilines is 1. The highest BCUT2D eigenvalue weighted by molar-refractivity contribution is 7.99. The monoisotopic (exact) mass is 471 g/mol. The van der Waals surface area contributed by atoms with E-state index in [1.807, 2.05) is 31.2 Å². The van der Waals surface area contributed by atoms with Crippen molar-refractivity contribution >= 4 is 55.0 Å². The molecule has 0 spiro atoms. The number of carbonyl (C=O) groups is 1. The average molecular weight is 472 g/mol. The number of halogens is 1. The number of benzene rings is 2. The molecule has 1 N–H and O–H groups in total. The molecule has 4 rings (SSSR count). The van der Waals surface area contributed by atoms with Gasteiger partial charge in [-0.15, -0.1) is 11.3 Å². The molecule has 2 aromatic carbocycles.